The molecule has 106 valence electrons. The van der Waals surface area contributed by atoms with Gasteiger partial charge in [0.15, 0.2) is 0 Å². The molecule has 0 saturated carbocycles. The highest BCUT2D eigenvalue weighted by atomic mass is 79.9. The first kappa shape index (κ1) is 15.1. The van der Waals surface area contributed by atoms with Crippen molar-refractivity contribution < 1.29 is 9.18 Å². The molecule has 0 fully saturated rings. The molecule has 4 nitrogen and oxygen atoms in total. The van der Waals surface area contributed by atoms with Gasteiger partial charge in [0.1, 0.15) is 10.8 Å². The highest BCUT2D eigenvalue weighted by Crippen LogP contribution is 2.18. The molecule has 0 saturated heterocycles. The van der Waals surface area contributed by atoms with Gasteiger partial charge in [-0.2, -0.15) is 0 Å². The Kier molecular flexibility index (Phi) is 5.19. The molecule has 2 aromatic rings. The van der Waals surface area contributed by atoms with Gasteiger partial charge in [0.25, 0.3) is 0 Å². The van der Waals surface area contributed by atoms with Crippen molar-refractivity contribution in [3.8, 4) is 0 Å². The van der Waals surface area contributed by atoms with Crippen LogP contribution in [0.2, 0.25) is 0 Å². The van der Waals surface area contributed by atoms with E-state index in [1.54, 1.807) is 12.1 Å². The van der Waals surface area contributed by atoms with Crippen molar-refractivity contribution in [3.05, 3.63) is 39.1 Å². The molecule has 1 amide bonds. The third-order valence-corrected chi connectivity index (χ3v) is 4.13. The molecule has 20 heavy (non-hydrogen) atoms. The number of rotatable bonds is 5. The first-order chi connectivity index (χ1) is 9.58. The standard InChI is InChI=1S/C13H13BrFN3OS/c1-2-12-17-18-13(20-12)16-11(19)6-4-8-3-5-9(14)7-10(8)15/h3,5,7H,2,4,6H2,1H3,(H,16,18,19). The van der Waals surface area contributed by atoms with Gasteiger partial charge in [-0.3, -0.25) is 4.79 Å². The van der Waals surface area contributed by atoms with E-state index in [0.29, 0.717) is 21.6 Å². The number of nitrogens with one attached hydrogen (secondary N) is 1. The maximum Gasteiger partial charge on any atom is 0.226 e. The number of carbonyl (C=O) groups excluding carboxylic acids is 1. The Hall–Kier alpha value is -1.34. The Labute approximate surface area is 128 Å². The summed E-state index contributed by atoms with van der Waals surface area (Å²) in [5, 5.41) is 11.8. The molecule has 0 radical (unpaired) electrons. The summed E-state index contributed by atoms with van der Waals surface area (Å²) >= 11 is 4.55. The van der Waals surface area contributed by atoms with Gasteiger partial charge in [0.2, 0.25) is 11.0 Å². The minimum absolute atomic E-state index is 0.189. The molecule has 0 unspecified atom stereocenters. The molecule has 1 heterocycles. The molecular weight excluding hydrogens is 345 g/mol. The lowest BCUT2D eigenvalue weighted by Gasteiger charge is -2.03. The maximum absolute atomic E-state index is 13.6. The third kappa shape index (κ3) is 4.08. The largest absolute Gasteiger partial charge is 0.301 e. The summed E-state index contributed by atoms with van der Waals surface area (Å²) in [7, 11) is 0. The van der Waals surface area contributed by atoms with E-state index in [1.165, 1.54) is 17.4 Å². The molecule has 0 aliphatic rings. The van der Waals surface area contributed by atoms with E-state index in [0.717, 1.165) is 11.4 Å². The van der Waals surface area contributed by atoms with Gasteiger partial charge in [-0.05, 0) is 30.5 Å². The third-order valence-electron chi connectivity index (χ3n) is 2.65. The van der Waals surface area contributed by atoms with Crippen molar-refractivity contribution in [2.75, 3.05) is 5.32 Å². The van der Waals surface area contributed by atoms with Crippen LogP contribution in [0.3, 0.4) is 0 Å². The number of anilines is 1. The van der Waals surface area contributed by atoms with Crippen molar-refractivity contribution in [2.45, 2.75) is 26.2 Å². The smallest absolute Gasteiger partial charge is 0.226 e. The molecule has 7 heteroatoms. The summed E-state index contributed by atoms with van der Waals surface area (Å²) in [5.41, 5.74) is 0.523. The van der Waals surface area contributed by atoms with Crippen molar-refractivity contribution >= 4 is 38.3 Å². The molecule has 1 N–H and O–H groups in total. The number of aryl methyl sites for hydroxylation is 2. The molecule has 0 aliphatic heterocycles. The van der Waals surface area contributed by atoms with E-state index in [-0.39, 0.29) is 18.1 Å². The summed E-state index contributed by atoms with van der Waals surface area (Å²) in [6.07, 6.45) is 1.35. The Morgan fingerprint density at radius 2 is 2.25 bits per heavy atom. The van der Waals surface area contributed by atoms with Crippen LogP contribution >= 0.6 is 27.3 Å². The second-order valence-electron chi connectivity index (χ2n) is 4.14. The highest BCUT2D eigenvalue weighted by Gasteiger charge is 2.09. The number of benzene rings is 1. The molecule has 1 aromatic heterocycles. The second kappa shape index (κ2) is 6.90. The Bertz CT molecular complexity index is 617. The SMILES string of the molecule is CCc1nnc(NC(=O)CCc2ccc(Br)cc2F)s1. The Morgan fingerprint density at radius 1 is 1.45 bits per heavy atom. The van der Waals surface area contributed by atoms with Crippen LogP contribution in [0.25, 0.3) is 0 Å². The summed E-state index contributed by atoms with van der Waals surface area (Å²) in [5.74, 6) is -0.498. The van der Waals surface area contributed by atoms with Crippen LogP contribution < -0.4 is 5.32 Å². The Balaban J connectivity index is 1.88. The maximum atomic E-state index is 13.6. The van der Waals surface area contributed by atoms with E-state index in [1.807, 2.05) is 6.92 Å². The van der Waals surface area contributed by atoms with Crippen LogP contribution in [-0.4, -0.2) is 16.1 Å². The van der Waals surface area contributed by atoms with Crippen LogP contribution in [0, 0.1) is 5.82 Å². The fraction of sp³-hybridized carbons (Fsp3) is 0.308. The van der Waals surface area contributed by atoms with Crippen molar-refractivity contribution in [2.24, 2.45) is 0 Å². The molecule has 0 bridgehead atoms. The van der Waals surface area contributed by atoms with E-state index >= 15 is 0 Å². The first-order valence-electron chi connectivity index (χ1n) is 6.14. The lowest BCUT2D eigenvalue weighted by Crippen LogP contribution is -2.12. The van der Waals surface area contributed by atoms with Crippen LogP contribution in [0.5, 0.6) is 0 Å². The minimum Gasteiger partial charge on any atom is -0.301 e. The van der Waals surface area contributed by atoms with Gasteiger partial charge in [-0.15, -0.1) is 10.2 Å². The van der Waals surface area contributed by atoms with E-state index in [2.05, 4.69) is 31.4 Å². The number of carbonyl (C=O) groups is 1. The summed E-state index contributed by atoms with van der Waals surface area (Å²) in [6, 6.07) is 4.83. The molecule has 0 spiro atoms. The van der Waals surface area contributed by atoms with E-state index < -0.39 is 0 Å². The second-order valence-corrected chi connectivity index (χ2v) is 6.12. The van der Waals surface area contributed by atoms with Gasteiger partial charge in [0, 0.05) is 10.9 Å². The molecule has 0 atom stereocenters. The Morgan fingerprint density at radius 3 is 2.90 bits per heavy atom. The van der Waals surface area contributed by atoms with E-state index in [4.69, 9.17) is 0 Å². The van der Waals surface area contributed by atoms with Crippen LogP contribution in [0.15, 0.2) is 22.7 Å². The summed E-state index contributed by atoms with van der Waals surface area (Å²) in [4.78, 5) is 11.8. The number of hydrogen-bond acceptors (Lipinski definition) is 4. The molecular formula is C13H13BrFN3OS. The molecule has 1 aromatic carbocycles. The van der Waals surface area contributed by atoms with Gasteiger partial charge in [0.05, 0.1) is 0 Å². The van der Waals surface area contributed by atoms with Gasteiger partial charge < -0.3 is 5.32 Å². The van der Waals surface area contributed by atoms with Crippen LogP contribution in [-0.2, 0) is 17.6 Å². The number of amides is 1. The predicted molar refractivity (Wildman–Crippen MR) is 80.3 cm³/mol. The zero-order chi connectivity index (χ0) is 14.5. The summed E-state index contributed by atoms with van der Waals surface area (Å²) < 4.78 is 14.3. The summed E-state index contributed by atoms with van der Waals surface area (Å²) in [6.45, 7) is 1.97. The van der Waals surface area contributed by atoms with Crippen LogP contribution in [0.1, 0.15) is 23.9 Å². The number of nitrogens with zero attached hydrogens (tertiary/aromatic N) is 2. The number of aromatic nitrogens is 2. The number of hydrogen-bond donors (Lipinski definition) is 1. The van der Waals surface area contributed by atoms with E-state index in [9.17, 15) is 9.18 Å². The topological polar surface area (TPSA) is 54.9 Å². The van der Waals surface area contributed by atoms with Gasteiger partial charge in [-0.25, -0.2) is 4.39 Å². The van der Waals surface area contributed by atoms with Crippen LogP contribution in [0.4, 0.5) is 9.52 Å². The molecule has 2 rings (SSSR count). The van der Waals surface area contributed by atoms with Crippen molar-refractivity contribution in [3.63, 3.8) is 0 Å². The average Bonchev–Trinajstić information content (AvgIpc) is 2.85. The minimum atomic E-state index is -0.309. The van der Waals surface area contributed by atoms with Gasteiger partial charge >= 0.3 is 0 Å². The van der Waals surface area contributed by atoms with Crippen molar-refractivity contribution in [1.82, 2.24) is 10.2 Å². The highest BCUT2D eigenvalue weighted by molar-refractivity contribution is 9.10. The first-order valence-corrected chi connectivity index (χ1v) is 7.75. The fourth-order valence-electron chi connectivity index (χ4n) is 1.60. The number of halogens is 2. The lowest BCUT2D eigenvalue weighted by molar-refractivity contribution is -0.116. The van der Waals surface area contributed by atoms with Crippen molar-refractivity contribution in [1.29, 1.82) is 0 Å². The quantitative estimate of drug-likeness (QED) is 0.889. The zero-order valence-corrected chi connectivity index (χ0v) is 13.2. The lowest BCUT2D eigenvalue weighted by atomic mass is 10.1. The normalized spacial score (nSPS) is 10.6. The molecule has 0 aliphatic carbocycles. The fourth-order valence-corrected chi connectivity index (χ4v) is 2.63. The monoisotopic (exact) mass is 357 g/mol. The van der Waals surface area contributed by atoms with Gasteiger partial charge in [-0.1, -0.05) is 40.3 Å². The zero-order valence-electron chi connectivity index (χ0n) is 10.8. The average molecular weight is 358 g/mol. The predicted octanol–water partition coefficient (Wildman–Crippen LogP) is 3.57.